The maximum atomic E-state index is 13.1. The Morgan fingerprint density at radius 1 is 1.06 bits per heavy atom. The van der Waals surface area contributed by atoms with Crippen LogP contribution in [0.15, 0.2) is 66.2 Å². The van der Waals surface area contributed by atoms with Gasteiger partial charge >= 0.3 is 0 Å². The second-order valence-corrected chi connectivity index (χ2v) is 8.98. The molecule has 0 bridgehead atoms. The van der Waals surface area contributed by atoms with Crippen LogP contribution in [-0.4, -0.2) is 17.4 Å². The third kappa shape index (κ3) is 5.41. The minimum atomic E-state index is -0.0207. The zero-order chi connectivity index (χ0) is 21.6. The van der Waals surface area contributed by atoms with Crippen molar-refractivity contribution < 1.29 is 4.79 Å². The van der Waals surface area contributed by atoms with Crippen LogP contribution in [-0.2, 0) is 6.42 Å². The predicted molar refractivity (Wildman–Crippen MR) is 129 cm³/mol. The third-order valence-electron chi connectivity index (χ3n) is 5.97. The van der Waals surface area contributed by atoms with Crippen molar-refractivity contribution in [3.63, 3.8) is 0 Å². The summed E-state index contributed by atoms with van der Waals surface area (Å²) >= 11 is 0. The number of carbonyl (C=O) groups is 1. The quantitative estimate of drug-likeness (QED) is 0.438. The summed E-state index contributed by atoms with van der Waals surface area (Å²) in [5.74, 6) is 0.608. The Bertz CT molecular complexity index is 1080. The molecule has 1 aliphatic carbocycles. The van der Waals surface area contributed by atoms with Crippen LogP contribution in [0.3, 0.4) is 0 Å². The summed E-state index contributed by atoms with van der Waals surface area (Å²) in [6, 6.07) is 18.4. The SMILES string of the molecule is CC(C)Cc1ccc(-c2cc(C(=O)NCCC3=CCCCC3)c3ccccc3n2)cc1. The molecule has 3 heteroatoms. The predicted octanol–water partition coefficient (Wildman–Crippen LogP) is 6.72. The standard InChI is InChI=1S/C28H32N2O/c1-20(2)18-22-12-14-23(15-13-22)27-19-25(24-10-6-7-11-26(24)30-27)28(31)29-17-16-21-8-4-3-5-9-21/h6-8,10-15,19-20H,3-5,9,16-18H2,1-2H3,(H,29,31). The van der Waals surface area contributed by atoms with Gasteiger partial charge in [-0.3, -0.25) is 4.79 Å². The summed E-state index contributed by atoms with van der Waals surface area (Å²) in [6.45, 7) is 5.14. The van der Waals surface area contributed by atoms with Crippen LogP contribution in [0.2, 0.25) is 0 Å². The van der Waals surface area contributed by atoms with E-state index in [2.05, 4.69) is 49.5 Å². The monoisotopic (exact) mass is 412 g/mol. The van der Waals surface area contributed by atoms with Crippen LogP contribution in [0.1, 0.15) is 61.9 Å². The van der Waals surface area contributed by atoms with E-state index in [4.69, 9.17) is 4.98 Å². The summed E-state index contributed by atoms with van der Waals surface area (Å²) in [5.41, 5.74) is 6.24. The Balaban J connectivity index is 1.57. The molecule has 1 heterocycles. The largest absolute Gasteiger partial charge is 0.352 e. The number of hydrogen-bond acceptors (Lipinski definition) is 2. The Labute approximate surface area is 185 Å². The maximum Gasteiger partial charge on any atom is 0.252 e. The van der Waals surface area contributed by atoms with Crippen molar-refractivity contribution in [2.24, 2.45) is 5.92 Å². The van der Waals surface area contributed by atoms with E-state index in [-0.39, 0.29) is 5.91 Å². The zero-order valence-electron chi connectivity index (χ0n) is 18.7. The molecule has 0 saturated heterocycles. The maximum absolute atomic E-state index is 13.1. The van der Waals surface area contributed by atoms with Gasteiger partial charge in [0.05, 0.1) is 16.8 Å². The Kier molecular flexibility index (Phi) is 6.81. The molecular formula is C28H32N2O. The normalized spacial score (nSPS) is 14.0. The number of fused-ring (bicyclic) bond motifs is 1. The number of hydrogen-bond donors (Lipinski definition) is 1. The number of allylic oxidation sites excluding steroid dienone is 1. The van der Waals surface area contributed by atoms with Crippen LogP contribution in [0.4, 0.5) is 0 Å². The van der Waals surface area contributed by atoms with E-state index in [9.17, 15) is 4.79 Å². The molecular weight excluding hydrogens is 380 g/mol. The van der Waals surface area contributed by atoms with Crippen molar-refractivity contribution in [2.75, 3.05) is 6.54 Å². The van der Waals surface area contributed by atoms with Gasteiger partial charge in [0.1, 0.15) is 0 Å². The first-order chi connectivity index (χ1) is 15.1. The Morgan fingerprint density at radius 2 is 1.87 bits per heavy atom. The molecule has 0 fully saturated rings. The van der Waals surface area contributed by atoms with Crippen molar-refractivity contribution in [3.05, 3.63) is 77.4 Å². The van der Waals surface area contributed by atoms with Crippen LogP contribution in [0.5, 0.6) is 0 Å². The summed E-state index contributed by atoms with van der Waals surface area (Å²) < 4.78 is 0. The molecule has 31 heavy (non-hydrogen) atoms. The van der Waals surface area contributed by atoms with E-state index in [1.807, 2.05) is 30.3 Å². The van der Waals surface area contributed by atoms with Gasteiger partial charge in [-0.2, -0.15) is 0 Å². The van der Waals surface area contributed by atoms with Crippen molar-refractivity contribution >= 4 is 16.8 Å². The number of rotatable bonds is 7. The fourth-order valence-electron chi connectivity index (χ4n) is 4.36. The Hall–Kier alpha value is -2.94. The van der Waals surface area contributed by atoms with Gasteiger partial charge in [-0.1, -0.05) is 68.0 Å². The lowest BCUT2D eigenvalue weighted by molar-refractivity contribution is 0.0955. The minimum Gasteiger partial charge on any atom is -0.352 e. The second kappa shape index (κ2) is 9.91. The van der Waals surface area contributed by atoms with Crippen LogP contribution in [0.25, 0.3) is 22.2 Å². The number of benzene rings is 2. The van der Waals surface area contributed by atoms with E-state index in [0.29, 0.717) is 18.0 Å². The second-order valence-electron chi connectivity index (χ2n) is 8.98. The number of amides is 1. The van der Waals surface area contributed by atoms with E-state index in [1.165, 1.54) is 36.8 Å². The van der Waals surface area contributed by atoms with Gasteiger partial charge < -0.3 is 5.32 Å². The van der Waals surface area contributed by atoms with Gasteiger partial charge in [0.15, 0.2) is 0 Å². The van der Waals surface area contributed by atoms with Gasteiger partial charge in [0, 0.05) is 17.5 Å². The van der Waals surface area contributed by atoms with Crippen molar-refractivity contribution in [2.45, 2.75) is 52.4 Å². The van der Waals surface area contributed by atoms with Gasteiger partial charge in [0.2, 0.25) is 0 Å². The molecule has 3 nitrogen and oxygen atoms in total. The number of para-hydroxylation sites is 1. The van der Waals surface area contributed by atoms with Crippen molar-refractivity contribution in [3.8, 4) is 11.3 Å². The smallest absolute Gasteiger partial charge is 0.252 e. The molecule has 1 N–H and O–H groups in total. The molecule has 0 atom stereocenters. The number of nitrogens with one attached hydrogen (secondary N) is 1. The summed E-state index contributed by atoms with van der Waals surface area (Å²) in [7, 11) is 0. The average molecular weight is 413 g/mol. The lowest BCUT2D eigenvalue weighted by Gasteiger charge is -2.14. The highest BCUT2D eigenvalue weighted by molar-refractivity contribution is 6.07. The molecule has 1 aromatic heterocycles. The van der Waals surface area contributed by atoms with Gasteiger partial charge in [0.25, 0.3) is 5.91 Å². The summed E-state index contributed by atoms with van der Waals surface area (Å²) in [6.07, 6.45) is 9.27. The number of pyridine rings is 1. The molecule has 0 unspecified atom stereocenters. The molecule has 0 spiro atoms. The molecule has 0 radical (unpaired) electrons. The van der Waals surface area contributed by atoms with Crippen LogP contribution < -0.4 is 5.32 Å². The lowest BCUT2D eigenvalue weighted by atomic mass is 9.97. The number of aromatic nitrogens is 1. The first-order valence-corrected chi connectivity index (χ1v) is 11.6. The fraction of sp³-hybridized carbons (Fsp3) is 0.357. The highest BCUT2D eigenvalue weighted by Gasteiger charge is 2.14. The zero-order valence-corrected chi connectivity index (χ0v) is 18.7. The number of carbonyl (C=O) groups excluding carboxylic acids is 1. The van der Waals surface area contributed by atoms with E-state index in [1.54, 1.807) is 0 Å². The molecule has 160 valence electrons. The van der Waals surface area contributed by atoms with Gasteiger partial charge in [-0.05, 0) is 62.1 Å². The fourth-order valence-corrected chi connectivity index (χ4v) is 4.36. The molecule has 3 aromatic rings. The molecule has 4 rings (SSSR count). The topological polar surface area (TPSA) is 42.0 Å². The highest BCUT2D eigenvalue weighted by Crippen LogP contribution is 2.26. The minimum absolute atomic E-state index is 0.0207. The summed E-state index contributed by atoms with van der Waals surface area (Å²) in [4.78, 5) is 17.9. The van der Waals surface area contributed by atoms with Crippen molar-refractivity contribution in [1.82, 2.24) is 10.3 Å². The van der Waals surface area contributed by atoms with Crippen molar-refractivity contribution in [1.29, 1.82) is 0 Å². The lowest BCUT2D eigenvalue weighted by Crippen LogP contribution is -2.25. The molecule has 1 aliphatic rings. The molecule has 1 amide bonds. The van der Waals surface area contributed by atoms with E-state index in [0.717, 1.165) is 35.0 Å². The van der Waals surface area contributed by atoms with Gasteiger partial charge in [-0.25, -0.2) is 4.98 Å². The van der Waals surface area contributed by atoms with Gasteiger partial charge in [-0.15, -0.1) is 0 Å². The Morgan fingerprint density at radius 3 is 2.61 bits per heavy atom. The average Bonchev–Trinajstić information content (AvgIpc) is 2.79. The molecule has 0 aliphatic heterocycles. The van der Waals surface area contributed by atoms with Crippen LogP contribution >= 0.6 is 0 Å². The van der Waals surface area contributed by atoms with E-state index < -0.39 is 0 Å². The first-order valence-electron chi connectivity index (χ1n) is 11.6. The highest BCUT2D eigenvalue weighted by atomic mass is 16.1. The number of nitrogens with zero attached hydrogens (tertiary/aromatic N) is 1. The van der Waals surface area contributed by atoms with Crippen LogP contribution in [0, 0.1) is 5.92 Å². The van der Waals surface area contributed by atoms with E-state index >= 15 is 0 Å². The third-order valence-corrected chi connectivity index (χ3v) is 5.97. The molecule has 2 aromatic carbocycles. The summed E-state index contributed by atoms with van der Waals surface area (Å²) in [5, 5.41) is 4.04. The first kappa shape index (κ1) is 21.3. The molecule has 0 saturated carbocycles.